The summed E-state index contributed by atoms with van der Waals surface area (Å²) in [4.78, 5) is 16.6. The molecule has 0 saturated carbocycles. The number of hydrogen-bond acceptors (Lipinski definition) is 6. The Kier molecular flexibility index (Phi) is 5.17. The molecule has 26 heavy (non-hydrogen) atoms. The number of fused-ring (bicyclic) bond motifs is 3. The molecule has 0 aliphatic carbocycles. The van der Waals surface area contributed by atoms with Gasteiger partial charge in [0.25, 0.3) is 0 Å². The Bertz CT molecular complexity index is 942. The molecule has 0 aromatic carbocycles. The van der Waals surface area contributed by atoms with Gasteiger partial charge in [0.2, 0.25) is 11.6 Å². The molecule has 1 amide bonds. The van der Waals surface area contributed by atoms with E-state index in [1.807, 2.05) is 34.6 Å². The summed E-state index contributed by atoms with van der Waals surface area (Å²) in [7, 11) is 0. The van der Waals surface area contributed by atoms with Crippen LogP contribution < -0.4 is 5.32 Å². The van der Waals surface area contributed by atoms with Crippen LogP contribution in [0.3, 0.4) is 0 Å². The molecule has 9 heteroatoms. The molecule has 0 atom stereocenters. The minimum Gasteiger partial charge on any atom is -0.374 e. The maximum atomic E-state index is 11.9. The van der Waals surface area contributed by atoms with Crippen molar-refractivity contribution in [2.24, 2.45) is 5.92 Å². The van der Waals surface area contributed by atoms with E-state index >= 15 is 0 Å². The summed E-state index contributed by atoms with van der Waals surface area (Å²) in [6.45, 7) is 11.9. The zero-order valence-electron chi connectivity index (χ0n) is 15.9. The third-order valence-electron chi connectivity index (χ3n) is 4.54. The van der Waals surface area contributed by atoms with Gasteiger partial charge in [-0.3, -0.25) is 4.79 Å². The first-order chi connectivity index (χ1) is 12.5. The summed E-state index contributed by atoms with van der Waals surface area (Å²) >= 11 is 0. The number of aromatic nitrogens is 6. The van der Waals surface area contributed by atoms with Gasteiger partial charge < -0.3 is 14.6 Å². The molecule has 0 bridgehead atoms. The molecule has 3 rings (SSSR count). The highest BCUT2D eigenvalue weighted by Gasteiger charge is 2.20. The predicted molar refractivity (Wildman–Crippen MR) is 96.7 cm³/mol. The molecule has 0 saturated heterocycles. The van der Waals surface area contributed by atoms with E-state index in [4.69, 9.17) is 9.72 Å². The summed E-state index contributed by atoms with van der Waals surface area (Å²) in [6, 6.07) is 0. The lowest BCUT2D eigenvalue weighted by Crippen LogP contribution is -2.31. The average molecular weight is 359 g/mol. The monoisotopic (exact) mass is 359 g/mol. The fraction of sp³-hybridized carbons (Fsp3) is 0.588. The van der Waals surface area contributed by atoms with Gasteiger partial charge in [-0.1, -0.05) is 13.8 Å². The minimum absolute atomic E-state index is 0.0388. The summed E-state index contributed by atoms with van der Waals surface area (Å²) in [6.07, 6.45) is 0. The van der Waals surface area contributed by atoms with Crippen molar-refractivity contribution in [1.29, 1.82) is 0 Å². The minimum atomic E-state index is -0.0388. The highest BCUT2D eigenvalue weighted by molar-refractivity contribution is 5.91. The maximum Gasteiger partial charge on any atom is 0.222 e. The lowest BCUT2D eigenvalue weighted by Gasteiger charge is -2.13. The molecule has 0 unspecified atom stereocenters. The van der Waals surface area contributed by atoms with E-state index in [9.17, 15) is 4.79 Å². The molecule has 140 valence electrons. The second kappa shape index (κ2) is 7.36. The van der Waals surface area contributed by atoms with Gasteiger partial charge in [-0.2, -0.15) is 4.52 Å². The number of tetrazole rings is 1. The summed E-state index contributed by atoms with van der Waals surface area (Å²) < 4.78 is 9.40. The SMILES string of the molecule is CCOCc1nc2c(c(C)c(C)n3nnnc23)n1CCNC(=O)C(C)C. The van der Waals surface area contributed by atoms with Gasteiger partial charge in [-0.25, -0.2) is 4.98 Å². The van der Waals surface area contributed by atoms with Crippen LogP contribution in [-0.2, 0) is 22.7 Å². The Hall–Kier alpha value is -2.55. The van der Waals surface area contributed by atoms with Gasteiger partial charge in [0.05, 0.1) is 5.52 Å². The van der Waals surface area contributed by atoms with Crippen molar-refractivity contribution in [3.05, 3.63) is 17.1 Å². The molecule has 0 aliphatic rings. The fourth-order valence-electron chi connectivity index (χ4n) is 2.97. The van der Waals surface area contributed by atoms with Crippen molar-refractivity contribution in [1.82, 2.24) is 34.9 Å². The van der Waals surface area contributed by atoms with E-state index in [1.54, 1.807) is 4.52 Å². The van der Waals surface area contributed by atoms with Crippen LogP contribution in [0, 0.1) is 19.8 Å². The van der Waals surface area contributed by atoms with Crippen molar-refractivity contribution >= 4 is 22.6 Å². The van der Waals surface area contributed by atoms with Crippen molar-refractivity contribution in [3.63, 3.8) is 0 Å². The first-order valence-corrected chi connectivity index (χ1v) is 8.87. The van der Waals surface area contributed by atoms with Crippen molar-refractivity contribution in [2.45, 2.75) is 47.8 Å². The third-order valence-corrected chi connectivity index (χ3v) is 4.54. The number of carbonyl (C=O) groups is 1. The van der Waals surface area contributed by atoms with Crippen molar-refractivity contribution < 1.29 is 9.53 Å². The molecule has 0 fully saturated rings. The number of aryl methyl sites for hydroxylation is 2. The number of pyridine rings is 1. The van der Waals surface area contributed by atoms with Gasteiger partial charge in [0, 0.05) is 31.3 Å². The van der Waals surface area contributed by atoms with E-state index in [0.717, 1.165) is 28.1 Å². The number of amides is 1. The number of carbonyl (C=O) groups excluding carboxylic acids is 1. The van der Waals surface area contributed by atoms with E-state index in [2.05, 4.69) is 25.4 Å². The molecule has 0 radical (unpaired) electrons. The molecule has 3 heterocycles. The Morgan fingerprint density at radius 3 is 2.77 bits per heavy atom. The first kappa shape index (κ1) is 18.2. The van der Waals surface area contributed by atoms with E-state index in [-0.39, 0.29) is 11.8 Å². The normalized spacial score (nSPS) is 11.8. The van der Waals surface area contributed by atoms with Crippen LogP contribution in [0.5, 0.6) is 0 Å². The van der Waals surface area contributed by atoms with Gasteiger partial charge in [0.15, 0.2) is 0 Å². The van der Waals surface area contributed by atoms with Crippen LogP contribution in [0.15, 0.2) is 0 Å². The lowest BCUT2D eigenvalue weighted by atomic mass is 10.2. The molecular weight excluding hydrogens is 334 g/mol. The molecule has 9 nitrogen and oxygen atoms in total. The van der Waals surface area contributed by atoms with E-state index in [1.165, 1.54) is 0 Å². The Morgan fingerprint density at radius 2 is 2.08 bits per heavy atom. The van der Waals surface area contributed by atoms with Gasteiger partial charge in [-0.15, -0.1) is 5.10 Å². The van der Waals surface area contributed by atoms with Crippen LogP contribution in [0.25, 0.3) is 16.7 Å². The summed E-state index contributed by atoms with van der Waals surface area (Å²) in [5.41, 5.74) is 4.39. The van der Waals surface area contributed by atoms with Crippen molar-refractivity contribution in [3.8, 4) is 0 Å². The summed E-state index contributed by atoms with van der Waals surface area (Å²) in [5.74, 6) is 0.806. The molecule has 0 aliphatic heterocycles. The van der Waals surface area contributed by atoms with Crippen LogP contribution in [0.2, 0.25) is 0 Å². The van der Waals surface area contributed by atoms with Crippen LogP contribution in [-0.4, -0.2) is 48.7 Å². The van der Waals surface area contributed by atoms with Gasteiger partial charge in [-0.05, 0) is 36.8 Å². The zero-order valence-corrected chi connectivity index (χ0v) is 15.9. The van der Waals surface area contributed by atoms with Crippen LogP contribution in [0.4, 0.5) is 0 Å². The molecule has 3 aromatic heterocycles. The lowest BCUT2D eigenvalue weighted by molar-refractivity contribution is -0.124. The number of rotatable bonds is 7. The number of hydrogen-bond donors (Lipinski definition) is 1. The Balaban J connectivity index is 2.05. The summed E-state index contributed by atoms with van der Waals surface area (Å²) in [5, 5.41) is 14.9. The third kappa shape index (κ3) is 3.14. The van der Waals surface area contributed by atoms with E-state index < -0.39 is 0 Å². The number of imidazole rings is 1. The zero-order chi connectivity index (χ0) is 18.8. The molecule has 1 N–H and O–H groups in total. The Labute approximate surface area is 151 Å². The molecular formula is C17H25N7O2. The average Bonchev–Trinajstić information content (AvgIpc) is 3.22. The van der Waals surface area contributed by atoms with Crippen LogP contribution >= 0.6 is 0 Å². The fourth-order valence-corrected chi connectivity index (χ4v) is 2.97. The quantitative estimate of drug-likeness (QED) is 0.684. The highest BCUT2D eigenvalue weighted by atomic mass is 16.5. The van der Waals surface area contributed by atoms with E-state index in [0.29, 0.717) is 32.0 Å². The largest absolute Gasteiger partial charge is 0.374 e. The van der Waals surface area contributed by atoms with Gasteiger partial charge >= 0.3 is 0 Å². The molecule has 0 spiro atoms. The maximum absolute atomic E-state index is 11.9. The first-order valence-electron chi connectivity index (χ1n) is 8.87. The number of nitrogens with one attached hydrogen (secondary N) is 1. The second-order valence-corrected chi connectivity index (χ2v) is 6.58. The Morgan fingerprint density at radius 1 is 1.31 bits per heavy atom. The van der Waals surface area contributed by atoms with Crippen molar-refractivity contribution in [2.75, 3.05) is 13.2 Å². The van der Waals surface area contributed by atoms with Gasteiger partial charge in [0.1, 0.15) is 17.9 Å². The smallest absolute Gasteiger partial charge is 0.222 e. The predicted octanol–water partition coefficient (Wildman–Crippen LogP) is 1.40. The highest BCUT2D eigenvalue weighted by Crippen LogP contribution is 2.26. The molecule has 3 aromatic rings. The number of ether oxygens (including phenoxy) is 1. The topological polar surface area (TPSA) is 99.2 Å². The second-order valence-electron chi connectivity index (χ2n) is 6.58. The standard InChI is InChI=1S/C17H25N7O2/c1-6-26-9-13-19-14-15(23(13)8-7-18-17(25)10(2)3)11(4)12(5)24-16(14)20-21-22-24/h10H,6-9H2,1-5H3,(H,18,25). The number of nitrogens with zero attached hydrogens (tertiary/aromatic N) is 6. The van der Waals surface area contributed by atoms with Crippen LogP contribution in [0.1, 0.15) is 37.9 Å².